The molecular weight excluding hydrogens is 256 g/mol. The zero-order valence-electron chi connectivity index (χ0n) is 11.6. The lowest BCUT2D eigenvalue weighted by Gasteiger charge is -2.40. The van der Waals surface area contributed by atoms with Gasteiger partial charge in [0.2, 0.25) is 0 Å². The summed E-state index contributed by atoms with van der Waals surface area (Å²) in [6.45, 7) is 3.00. The van der Waals surface area contributed by atoms with Gasteiger partial charge in [0.1, 0.15) is 12.2 Å². The Hall–Kier alpha value is -1.18. The number of carbonyl (C=O) groups excluding carboxylic acids is 2. The number of rotatable bonds is 5. The highest BCUT2D eigenvalue weighted by Crippen LogP contribution is 2.23. The summed E-state index contributed by atoms with van der Waals surface area (Å²) in [5, 5.41) is 0. The van der Waals surface area contributed by atoms with E-state index in [4.69, 9.17) is 23.7 Å². The quantitative estimate of drug-likeness (QED) is 0.649. The number of methoxy groups -OCH3 is 2. The monoisotopic (exact) mass is 276 g/mol. The highest BCUT2D eigenvalue weighted by molar-refractivity contribution is 5.67. The first-order chi connectivity index (χ1) is 8.99. The molecular formula is C12H20O7. The molecule has 7 heteroatoms. The average molecular weight is 276 g/mol. The fraction of sp³-hybridized carbons (Fsp3) is 0.833. The minimum atomic E-state index is -0.708. The Balaban J connectivity index is 2.84. The molecule has 1 fully saturated rings. The van der Waals surface area contributed by atoms with Crippen LogP contribution in [-0.2, 0) is 33.3 Å². The maximum atomic E-state index is 11.2. The summed E-state index contributed by atoms with van der Waals surface area (Å²) in [5.74, 6) is -0.937. The highest BCUT2D eigenvalue weighted by Gasteiger charge is 2.44. The van der Waals surface area contributed by atoms with Crippen LogP contribution in [-0.4, -0.2) is 63.8 Å². The molecule has 0 unspecified atom stereocenters. The molecule has 110 valence electrons. The topological polar surface area (TPSA) is 80.3 Å². The van der Waals surface area contributed by atoms with Gasteiger partial charge in [-0.3, -0.25) is 9.59 Å². The molecule has 0 spiro atoms. The van der Waals surface area contributed by atoms with Crippen molar-refractivity contribution in [3.05, 3.63) is 0 Å². The van der Waals surface area contributed by atoms with E-state index < -0.39 is 30.3 Å². The van der Waals surface area contributed by atoms with Crippen molar-refractivity contribution in [2.24, 2.45) is 0 Å². The Kier molecular flexibility index (Phi) is 6.20. The summed E-state index contributed by atoms with van der Waals surface area (Å²) in [6.07, 6.45) is -2.33. The summed E-state index contributed by atoms with van der Waals surface area (Å²) >= 11 is 0. The molecule has 4 atom stereocenters. The van der Waals surface area contributed by atoms with Gasteiger partial charge in [-0.1, -0.05) is 0 Å². The van der Waals surface area contributed by atoms with Gasteiger partial charge in [-0.25, -0.2) is 0 Å². The molecule has 0 amide bonds. The van der Waals surface area contributed by atoms with Crippen LogP contribution >= 0.6 is 0 Å². The number of hydrogen-bond acceptors (Lipinski definition) is 7. The van der Waals surface area contributed by atoms with Gasteiger partial charge in [-0.15, -0.1) is 0 Å². The molecule has 0 bridgehead atoms. The van der Waals surface area contributed by atoms with Crippen LogP contribution in [0.4, 0.5) is 0 Å². The number of esters is 2. The maximum Gasteiger partial charge on any atom is 0.303 e. The van der Waals surface area contributed by atoms with Gasteiger partial charge >= 0.3 is 11.9 Å². The summed E-state index contributed by atoms with van der Waals surface area (Å²) in [4.78, 5) is 22.2. The average Bonchev–Trinajstić information content (AvgIpc) is 2.32. The lowest BCUT2D eigenvalue weighted by atomic mass is 9.99. The molecule has 1 rings (SSSR count). The molecule has 1 aliphatic heterocycles. The first-order valence-electron chi connectivity index (χ1n) is 5.97. The van der Waals surface area contributed by atoms with Crippen LogP contribution in [0.15, 0.2) is 0 Å². The molecule has 0 aromatic heterocycles. The smallest absolute Gasteiger partial charge is 0.303 e. The Labute approximate surface area is 112 Å². The first-order valence-corrected chi connectivity index (χ1v) is 5.97. The standard InChI is InChI=1S/C12H20O7/c1-7(13)18-10-6-17-9(5-15-3)11(16-4)12(10)19-8(2)14/h9-12H,5-6H2,1-4H3/t9-,10+,11+,12-/m1/s1. The van der Waals surface area contributed by atoms with Gasteiger partial charge in [0, 0.05) is 28.1 Å². The van der Waals surface area contributed by atoms with Crippen LogP contribution in [0, 0.1) is 0 Å². The molecule has 0 N–H and O–H groups in total. The van der Waals surface area contributed by atoms with Crippen molar-refractivity contribution in [2.45, 2.75) is 38.3 Å². The highest BCUT2D eigenvalue weighted by atomic mass is 16.6. The second-order valence-electron chi connectivity index (χ2n) is 4.25. The van der Waals surface area contributed by atoms with E-state index in [0.29, 0.717) is 6.61 Å². The molecule has 7 nitrogen and oxygen atoms in total. The third kappa shape index (κ3) is 4.45. The maximum absolute atomic E-state index is 11.2. The van der Waals surface area contributed by atoms with E-state index in [9.17, 15) is 9.59 Å². The minimum absolute atomic E-state index is 0.130. The molecule has 0 aromatic rings. The van der Waals surface area contributed by atoms with Crippen LogP contribution in [0.5, 0.6) is 0 Å². The molecule has 1 saturated heterocycles. The van der Waals surface area contributed by atoms with Gasteiger partial charge in [-0.05, 0) is 0 Å². The van der Waals surface area contributed by atoms with E-state index >= 15 is 0 Å². The van der Waals surface area contributed by atoms with Gasteiger partial charge in [-0.2, -0.15) is 0 Å². The van der Waals surface area contributed by atoms with Crippen molar-refractivity contribution >= 4 is 11.9 Å². The second kappa shape index (κ2) is 7.42. The third-order valence-corrected chi connectivity index (χ3v) is 2.75. The van der Waals surface area contributed by atoms with Crippen molar-refractivity contribution < 1.29 is 33.3 Å². The summed E-state index contributed by atoms with van der Waals surface area (Å²) in [7, 11) is 3.01. The van der Waals surface area contributed by atoms with Crippen molar-refractivity contribution in [2.75, 3.05) is 27.4 Å². The normalized spacial score (nSPS) is 30.7. The lowest BCUT2D eigenvalue weighted by molar-refractivity contribution is -0.227. The molecule has 1 heterocycles. The van der Waals surface area contributed by atoms with Gasteiger partial charge in [0.05, 0.1) is 13.2 Å². The number of ether oxygens (including phenoxy) is 5. The summed E-state index contributed by atoms with van der Waals surface area (Å²) in [5.41, 5.74) is 0. The van der Waals surface area contributed by atoms with Crippen molar-refractivity contribution in [1.29, 1.82) is 0 Å². The third-order valence-electron chi connectivity index (χ3n) is 2.75. The Morgan fingerprint density at radius 3 is 2.21 bits per heavy atom. The Morgan fingerprint density at radius 1 is 1.11 bits per heavy atom. The molecule has 0 aliphatic carbocycles. The van der Waals surface area contributed by atoms with E-state index in [2.05, 4.69) is 0 Å². The van der Waals surface area contributed by atoms with Crippen LogP contribution in [0.2, 0.25) is 0 Å². The minimum Gasteiger partial charge on any atom is -0.456 e. The SMILES string of the molecule is COC[C@H]1OC[C@H](OC(C)=O)[C@@H](OC(C)=O)[C@H]1OC. The van der Waals surface area contributed by atoms with Crippen LogP contribution in [0.1, 0.15) is 13.8 Å². The van der Waals surface area contributed by atoms with Crippen molar-refractivity contribution in [1.82, 2.24) is 0 Å². The van der Waals surface area contributed by atoms with E-state index in [-0.39, 0.29) is 12.7 Å². The van der Waals surface area contributed by atoms with Crippen LogP contribution in [0.25, 0.3) is 0 Å². The molecule has 0 saturated carbocycles. The fourth-order valence-corrected chi connectivity index (χ4v) is 2.07. The molecule has 1 aliphatic rings. The van der Waals surface area contributed by atoms with E-state index in [1.165, 1.54) is 28.1 Å². The lowest BCUT2D eigenvalue weighted by Crippen LogP contribution is -2.57. The predicted octanol–water partition coefficient (Wildman–Crippen LogP) is -0.0900. The summed E-state index contributed by atoms with van der Waals surface area (Å²) in [6, 6.07) is 0. The van der Waals surface area contributed by atoms with E-state index in [1.54, 1.807) is 0 Å². The number of hydrogen-bond donors (Lipinski definition) is 0. The zero-order chi connectivity index (χ0) is 14.4. The molecule has 19 heavy (non-hydrogen) atoms. The largest absolute Gasteiger partial charge is 0.456 e. The molecule has 0 radical (unpaired) electrons. The van der Waals surface area contributed by atoms with Crippen molar-refractivity contribution in [3.8, 4) is 0 Å². The van der Waals surface area contributed by atoms with Crippen molar-refractivity contribution in [3.63, 3.8) is 0 Å². The summed E-state index contributed by atoms with van der Waals surface area (Å²) < 4.78 is 26.2. The predicted molar refractivity (Wildman–Crippen MR) is 63.5 cm³/mol. The Morgan fingerprint density at radius 2 is 1.74 bits per heavy atom. The van der Waals surface area contributed by atoms with E-state index in [0.717, 1.165) is 0 Å². The molecule has 0 aromatic carbocycles. The van der Waals surface area contributed by atoms with Gasteiger partial charge in [0.25, 0.3) is 0 Å². The Bertz CT molecular complexity index is 317. The number of carbonyl (C=O) groups is 2. The second-order valence-corrected chi connectivity index (χ2v) is 4.25. The van der Waals surface area contributed by atoms with Gasteiger partial charge < -0.3 is 23.7 Å². The van der Waals surface area contributed by atoms with Crippen LogP contribution < -0.4 is 0 Å². The van der Waals surface area contributed by atoms with E-state index in [1.807, 2.05) is 0 Å². The fourth-order valence-electron chi connectivity index (χ4n) is 2.07. The van der Waals surface area contributed by atoms with Gasteiger partial charge in [0.15, 0.2) is 12.2 Å². The van der Waals surface area contributed by atoms with Crippen LogP contribution in [0.3, 0.4) is 0 Å². The zero-order valence-corrected chi connectivity index (χ0v) is 11.6. The first kappa shape index (κ1) is 15.9.